The van der Waals surface area contributed by atoms with Gasteiger partial charge in [0.25, 0.3) is 5.69 Å². The summed E-state index contributed by atoms with van der Waals surface area (Å²) < 4.78 is 15.5. The Balaban J connectivity index is 1.88. The summed E-state index contributed by atoms with van der Waals surface area (Å²) >= 11 is 6.03. The predicted octanol–water partition coefficient (Wildman–Crippen LogP) is 4.45. The fourth-order valence-corrected chi connectivity index (χ4v) is 3.32. The zero-order valence-electron chi connectivity index (χ0n) is 18.6. The third-order valence-electron chi connectivity index (χ3n) is 4.72. The maximum Gasteiger partial charge on any atom is 0.410 e. The fraction of sp³-hybridized carbons (Fsp3) is 0.545. The van der Waals surface area contributed by atoms with E-state index >= 15 is 0 Å². The molecule has 0 spiro atoms. The van der Waals surface area contributed by atoms with E-state index in [9.17, 15) is 19.7 Å². The first-order valence-corrected chi connectivity index (χ1v) is 10.5. The Morgan fingerprint density at radius 3 is 2.47 bits per heavy atom. The number of hydrogen-bond donors (Lipinski definition) is 0. The number of piperidine rings is 1. The number of rotatable bonds is 5. The molecular weight excluding hydrogens is 440 g/mol. The Hall–Kier alpha value is -2.99. The summed E-state index contributed by atoms with van der Waals surface area (Å²) in [5.74, 6) is 5.50. The van der Waals surface area contributed by atoms with Gasteiger partial charge >= 0.3 is 12.1 Å². The Morgan fingerprint density at radius 1 is 1.25 bits per heavy atom. The number of benzene rings is 1. The molecule has 32 heavy (non-hydrogen) atoms. The molecule has 1 fully saturated rings. The number of carbonyl (C=O) groups excluding carboxylic acids is 2. The first-order chi connectivity index (χ1) is 15.0. The number of carbonyl (C=O) groups is 2. The number of hydrogen-bond acceptors (Lipinski definition) is 7. The van der Waals surface area contributed by atoms with E-state index in [1.54, 1.807) is 4.90 Å². The molecule has 0 aliphatic carbocycles. The molecule has 0 aromatic heterocycles. The van der Waals surface area contributed by atoms with E-state index in [1.807, 2.05) is 20.8 Å². The van der Waals surface area contributed by atoms with Crippen LogP contribution in [0.2, 0.25) is 5.02 Å². The van der Waals surface area contributed by atoms with Gasteiger partial charge in [-0.05, 0) is 45.6 Å². The molecule has 0 saturated carbocycles. The summed E-state index contributed by atoms with van der Waals surface area (Å²) in [7, 11) is 1.17. The van der Waals surface area contributed by atoms with Gasteiger partial charge in [0.1, 0.15) is 18.0 Å². The number of esters is 1. The summed E-state index contributed by atoms with van der Waals surface area (Å²) in [6.45, 7) is 6.72. The van der Waals surface area contributed by atoms with Crippen molar-refractivity contribution in [2.75, 3.05) is 26.8 Å². The highest BCUT2D eigenvalue weighted by Gasteiger charge is 2.26. The molecule has 1 saturated heterocycles. The lowest BCUT2D eigenvalue weighted by Crippen LogP contribution is -2.41. The molecule has 0 bridgehead atoms. The number of ether oxygens (including phenoxy) is 3. The van der Waals surface area contributed by atoms with Gasteiger partial charge in [0, 0.05) is 25.6 Å². The van der Waals surface area contributed by atoms with Crippen LogP contribution in [0.15, 0.2) is 12.1 Å². The minimum atomic E-state index is -0.738. The quantitative estimate of drug-likeness (QED) is 0.273. The average Bonchev–Trinajstić information content (AvgIpc) is 2.72. The minimum Gasteiger partial charge on any atom is -0.479 e. The predicted molar refractivity (Wildman–Crippen MR) is 118 cm³/mol. The molecule has 1 amide bonds. The van der Waals surface area contributed by atoms with Gasteiger partial charge in [0.15, 0.2) is 5.02 Å². The molecule has 0 unspecified atom stereocenters. The highest BCUT2D eigenvalue weighted by molar-refractivity contribution is 6.34. The Kier molecular flexibility index (Phi) is 8.72. The van der Waals surface area contributed by atoms with Gasteiger partial charge in [0.2, 0.25) is 0 Å². The number of amides is 1. The van der Waals surface area contributed by atoms with E-state index in [2.05, 4.69) is 16.6 Å². The fourth-order valence-electron chi connectivity index (χ4n) is 3.08. The van der Waals surface area contributed by atoms with Crippen LogP contribution in [0.25, 0.3) is 0 Å². The number of nitro groups is 1. The highest BCUT2D eigenvalue weighted by Crippen LogP contribution is 2.35. The zero-order chi connectivity index (χ0) is 23.9. The molecule has 9 nitrogen and oxygen atoms in total. The van der Waals surface area contributed by atoms with Crippen LogP contribution in [-0.2, 0) is 9.47 Å². The Morgan fingerprint density at radius 2 is 1.91 bits per heavy atom. The summed E-state index contributed by atoms with van der Waals surface area (Å²) in [5, 5.41) is 11.0. The standard InChI is InChI=1S/C22H27ClN2O7/c1-22(2,3)32-21(27)24-10-8-15(9-11-24)7-5-6-12-31-18-14-16(20(26)30-4)13-17(19(18)23)25(28)29/h13-15H,7-12H2,1-4H3. The molecule has 174 valence electrons. The number of methoxy groups -OCH3 is 1. The van der Waals surface area contributed by atoms with Crippen LogP contribution >= 0.6 is 11.6 Å². The topological polar surface area (TPSA) is 108 Å². The number of likely N-dealkylation sites (tertiary alicyclic amines) is 1. The summed E-state index contributed by atoms with van der Waals surface area (Å²) in [4.78, 5) is 36.0. The van der Waals surface area contributed by atoms with Gasteiger partial charge < -0.3 is 19.1 Å². The molecule has 1 aromatic rings. The van der Waals surface area contributed by atoms with E-state index in [1.165, 1.54) is 13.2 Å². The van der Waals surface area contributed by atoms with Gasteiger partial charge in [0.05, 0.1) is 17.6 Å². The van der Waals surface area contributed by atoms with E-state index in [-0.39, 0.29) is 29.0 Å². The van der Waals surface area contributed by atoms with E-state index in [4.69, 9.17) is 21.1 Å². The van der Waals surface area contributed by atoms with Crippen molar-refractivity contribution in [3.63, 3.8) is 0 Å². The Labute approximate surface area is 192 Å². The molecule has 1 aliphatic rings. The van der Waals surface area contributed by atoms with E-state index in [0.29, 0.717) is 25.4 Å². The lowest BCUT2D eigenvalue weighted by atomic mass is 9.94. The van der Waals surface area contributed by atoms with Gasteiger partial charge in [-0.25, -0.2) is 9.59 Å². The van der Waals surface area contributed by atoms with Crippen LogP contribution in [0, 0.1) is 27.9 Å². The van der Waals surface area contributed by atoms with Crippen LogP contribution in [0.4, 0.5) is 10.5 Å². The average molecular weight is 467 g/mol. The maximum absolute atomic E-state index is 12.1. The normalized spacial score (nSPS) is 14.2. The van der Waals surface area contributed by atoms with Gasteiger partial charge in [-0.3, -0.25) is 10.1 Å². The molecule has 1 aromatic carbocycles. The summed E-state index contributed by atoms with van der Waals surface area (Å²) in [6.07, 6.45) is 2.00. The summed E-state index contributed by atoms with van der Waals surface area (Å²) in [6, 6.07) is 2.32. The van der Waals surface area contributed by atoms with Crippen molar-refractivity contribution in [3.8, 4) is 17.6 Å². The highest BCUT2D eigenvalue weighted by atomic mass is 35.5. The smallest absolute Gasteiger partial charge is 0.410 e. The molecule has 0 atom stereocenters. The second-order valence-electron chi connectivity index (χ2n) is 8.31. The summed E-state index contributed by atoms with van der Waals surface area (Å²) in [5.41, 5.74) is -1.00. The first-order valence-electron chi connectivity index (χ1n) is 10.1. The van der Waals surface area contributed by atoms with Crippen molar-refractivity contribution in [1.29, 1.82) is 0 Å². The lowest BCUT2D eigenvalue weighted by molar-refractivity contribution is -0.384. The first kappa shape index (κ1) is 25.3. The van der Waals surface area contributed by atoms with Crippen molar-refractivity contribution in [2.24, 2.45) is 5.92 Å². The van der Waals surface area contributed by atoms with Crippen LogP contribution in [0.1, 0.15) is 50.4 Å². The molecule has 1 aliphatic heterocycles. The van der Waals surface area contributed by atoms with Crippen molar-refractivity contribution < 1.29 is 28.7 Å². The SMILES string of the molecule is COC(=O)c1cc(OCC#CCC2CCN(C(=O)OC(C)(C)C)CC2)c(Cl)c([N+](=O)[O-])c1. The van der Waals surface area contributed by atoms with Gasteiger partial charge in [-0.15, -0.1) is 0 Å². The van der Waals surface area contributed by atoms with Gasteiger partial charge in [-0.1, -0.05) is 23.4 Å². The molecule has 0 radical (unpaired) electrons. The molecule has 10 heteroatoms. The number of nitro benzene ring substituents is 1. The van der Waals surface area contributed by atoms with Crippen LogP contribution < -0.4 is 4.74 Å². The second kappa shape index (κ2) is 11.0. The minimum absolute atomic E-state index is 0.0127. The maximum atomic E-state index is 12.1. The van der Waals surface area contributed by atoms with Crippen LogP contribution in [0.5, 0.6) is 5.75 Å². The molecule has 2 rings (SSSR count). The van der Waals surface area contributed by atoms with E-state index in [0.717, 1.165) is 18.9 Å². The third kappa shape index (κ3) is 7.31. The lowest BCUT2D eigenvalue weighted by Gasteiger charge is -2.32. The van der Waals surface area contributed by atoms with Crippen molar-refractivity contribution >= 4 is 29.4 Å². The van der Waals surface area contributed by atoms with Crippen molar-refractivity contribution in [2.45, 2.75) is 45.6 Å². The van der Waals surface area contributed by atoms with Crippen molar-refractivity contribution in [1.82, 2.24) is 4.90 Å². The monoisotopic (exact) mass is 466 g/mol. The number of nitrogens with zero attached hydrogens (tertiary/aromatic N) is 2. The largest absolute Gasteiger partial charge is 0.479 e. The molecular formula is C22H27ClN2O7. The molecule has 0 N–H and O–H groups in total. The Bertz CT molecular complexity index is 923. The zero-order valence-corrected chi connectivity index (χ0v) is 19.4. The third-order valence-corrected chi connectivity index (χ3v) is 5.10. The van der Waals surface area contributed by atoms with Gasteiger partial charge in [-0.2, -0.15) is 0 Å². The van der Waals surface area contributed by atoms with Crippen molar-refractivity contribution in [3.05, 3.63) is 32.8 Å². The van der Waals surface area contributed by atoms with Crippen LogP contribution in [-0.4, -0.2) is 54.3 Å². The van der Waals surface area contributed by atoms with E-state index < -0.39 is 22.2 Å². The van der Waals surface area contributed by atoms with Crippen LogP contribution in [0.3, 0.4) is 0 Å². The number of halogens is 1. The molecule has 1 heterocycles. The second-order valence-corrected chi connectivity index (χ2v) is 8.69.